The molecule has 1 aromatic heterocycles. The lowest BCUT2D eigenvalue weighted by atomic mass is 10.1. The number of hydrogen-bond acceptors (Lipinski definition) is 3. The summed E-state index contributed by atoms with van der Waals surface area (Å²) in [6, 6.07) is 7.64. The van der Waals surface area contributed by atoms with Gasteiger partial charge in [0.1, 0.15) is 0 Å². The van der Waals surface area contributed by atoms with E-state index in [1.807, 2.05) is 39.0 Å². The highest BCUT2D eigenvalue weighted by atomic mass is 16.2. The Labute approximate surface area is 124 Å². The number of rotatable bonds is 4. The number of carbonyl (C=O) groups excluding carboxylic acids is 2. The summed E-state index contributed by atoms with van der Waals surface area (Å²) in [6.07, 6.45) is 1.89. The van der Waals surface area contributed by atoms with Gasteiger partial charge >= 0.3 is 0 Å². The van der Waals surface area contributed by atoms with Crippen LogP contribution in [-0.4, -0.2) is 21.6 Å². The second-order valence-electron chi connectivity index (χ2n) is 5.16. The Hall–Kier alpha value is -2.43. The molecule has 0 atom stereocenters. The molecular weight excluding hydrogens is 266 g/mol. The maximum Gasteiger partial charge on any atom is 0.247 e. The Morgan fingerprint density at radius 2 is 1.90 bits per heavy atom. The van der Waals surface area contributed by atoms with Gasteiger partial charge in [-0.05, 0) is 44.0 Å². The number of nitrogens with zero attached hydrogens (tertiary/aromatic N) is 2. The van der Waals surface area contributed by atoms with Crippen LogP contribution < -0.4 is 5.32 Å². The zero-order chi connectivity index (χ0) is 15.4. The number of carbonyl (C=O) groups is 2. The van der Waals surface area contributed by atoms with Gasteiger partial charge in [0.2, 0.25) is 11.8 Å². The Bertz CT molecular complexity index is 674. The molecule has 1 amide bonds. The summed E-state index contributed by atoms with van der Waals surface area (Å²) >= 11 is 0. The molecule has 0 unspecified atom stereocenters. The molecule has 21 heavy (non-hydrogen) atoms. The van der Waals surface area contributed by atoms with Gasteiger partial charge in [-0.3, -0.25) is 9.59 Å². The van der Waals surface area contributed by atoms with Crippen LogP contribution in [0.1, 0.15) is 34.5 Å². The molecule has 0 bridgehead atoms. The minimum atomic E-state index is -0.181. The van der Waals surface area contributed by atoms with Crippen LogP contribution in [0.15, 0.2) is 30.5 Å². The predicted molar refractivity (Wildman–Crippen MR) is 81.4 cm³/mol. The normalized spacial score (nSPS) is 10.4. The molecule has 0 saturated heterocycles. The highest BCUT2D eigenvalue weighted by Crippen LogP contribution is 2.16. The quantitative estimate of drug-likeness (QED) is 0.939. The van der Waals surface area contributed by atoms with Crippen molar-refractivity contribution in [3.63, 3.8) is 0 Å². The summed E-state index contributed by atoms with van der Waals surface area (Å²) in [5.74, 6) is -0.347. The van der Waals surface area contributed by atoms with E-state index < -0.39 is 0 Å². The third kappa shape index (κ3) is 4.02. The fourth-order valence-electron chi connectivity index (χ4n) is 1.97. The summed E-state index contributed by atoms with van der Waals surface area (Å²) in [4.78, 5) is 23.8. The van der Waals surface area contributed by atoms with Gasteiger partial charge in [0.05, 0.1) is 5.69 Å². The van der Waals surface area contributed by atoms with Gasteiger partial charge < -0.3 is 5.32 Å². The van der Waals surface area contributed by atoms with Crippen molar-refractivity contribution < 1.29 is 9.59 Å². The summed E-state index contributed by atoms with van der Waals surface area (Å²) < 4.78 is 1.28. The van der Waals surface area contributed by atoms with Crippen LogP contribution in [0.2, 0.25) is 0 Å². The van der Waals surface area contributed by atoms with Gasteiger partial charge in [0, 0.05) is 24.7 Å². The molecule has 110 valence electrons. The first kappa shape index (κ1) is 15.0. The van der Waals surface area contributed by atoms with Crippen LogP contribution in [0, 0.1) is 20.8 Å². The molecule has 2 rings (SSSR count). The molecule has 0 fully saturated rings. The molecule has 5 nitrogen and oxygen atoms in total. The molecule has 2 aromatic rings. The number of aromatic nitrogens is 2. The van der Waals surface area contributed by atoms with E-state index in [-0.39, 0.29) is 24.7 Å². The number of anilines is 1. The molecule has 0 radical (unpaired) electrons. The highest BCUT2D eigenvalue weighted by molar-refractivity contribution is 5.94. The summed E-state index contributed by atoms with van der Waals surface area (Å²) in [7, 11) is 0. The van der Waals surface area contributed by atoms with Gasteiger partial charge in [0.15, 0.2) is 0 Å². The average molecular weight is 285 g/mol. The first-order chi connectivity index (χ1) is 9.95. The second kappa shape index (κ2) is 6.35. The van der Waals surface area contributed by atoms with Crippen LogP contribution in [-0.2, 0) is 4.79 Å². The van der Waals surface area contributed by atoms with Crippen molar-refractivity contribution in [1.29, 1.82) is 0 Å². The minimum Gasteiger partial charge on any atom is -0.326 e. The van der Waals surface area contributed by atoms with E-state index in [0.717, 1.165) is 22.5 Å². The standard InChI is InChI=1S/C16H19N3O2/c1-11-4-5-12(2)14(10-11)17-15(20)6-7-16(21)19-9-8-13(3)18-19/h4-5,8-10H,6-7H2,1-3H3,(H,17,20). The molecule has 1 aromatic carbocycles. The smallest absolute Gasteiger partial charge is 0.247 e. The summed E-state index contributed by atoms with van der Waals surface area (Å²) in [5.41, 5.74) is 3.66. The van der Waals surface area contributed by atoms with Gasteiger partial charge in [-0.25, -0.2) is 4.68 Å². The van der Waals surface area contributed by atoms with Crippen LogP contribution in [0.25, 0.3) is 0 Å². The van der Waals surface area contributed by atoms with Gasteiger partial charge in [0.25, 0.3) is 0 Å². The van der Waals surface area contributed by atoms with Gasteiger partial charge in [-0.1, -0.05) is 12.1 Å². The van der Waals surface area contributed by atoms with E-state index in [9.17, 15) is 9.59 Å². The molecule has 0 aliphatic heterocycles. The second-order valence-corrected chi connectivity index (χ2v) is 5.16. The molecule has 0 aliphatic carbocycles. The maximum absolute atomic E-state index is 11.9. The van der Waals surface area contributed by atoms with Crippen LogP contribution in [0.4, 0.5) is 5.69 Å². The Morgan fingerprint density at radius 1 is 1.14 bits per heavy atom. The Morgan fingerprint density at radius 3 is 2.57 bits per heavy atom. The first-order valence-corrected chi connectivity index (χ1v) is 6.88. The average Bonchev–Trinajstić information content (AvgIpc) is 2.87. The van der Waals surface area contributed by atoms with Crippen molar-refractivity contribution in [3.05, 3.63) is 47.3 Å². The largest absolute Gasteiger partial charge is 0.326 e. The lowest BCUT2D eigenvalue weighted by Crippen LogP contribution is -2.17. The van der Waals surface area contributed by atoms with Crippen LogP contribution in [0.5, 0.6) is 0 Å². The number of aryl methyl sites for hydroxylation is 3. The summed E-state index contributed by atoms with van der Waals surface area (Å²) in [5, 5.41) is 6.88. The van der Waals surface area contributed by atoms with Crippen molar-refractivity contribution >= 4 is 17.5 Å². The number of nitrogens with one attached hydrogen (secondary N) is 1. The Balaban J connectivity index is 1.90. The summed E-state index contributed by atoms with van der Waals surface area (Å²) in [6.45, 7) is 5.72. The Kier molecular flexibility index (Phi) is 4.52. The topological polar surface area (TPSA) is 64.0 Å². The number of amides is 1. The van der Waals surface area contributed by atoms with Gasteiger partial charge in [-0.2, -0.15) is 5.10 Å². The van der Waals surface area contributed by atoms with E-state index in [4.69, 9.17) is 0 Å². The van der Waals surface area contributed by atoms with Gasteiger partial charge in [-0.15, -0.1) is 0 Å². The fraction of sp³-hybridized carbons (Fsp3) is 0.312. The highest BCUT2D eigenvalue weighted by Gasteiger charge is 2.10. The lowest BCUT2D eigenvalue weighted by molar-refractivity contribution is -0.116. The molecule has 1 heterocycles. The number of hydrogen-bond donors (Lipinski definition) is 1. The van der Waals surface area contributed by atoms with Crippen LogP contribution >= 0.6 is 0 Å². The monoisotopic (exact) mass is 285 g/mol. The molecule has 5 heteroatoms. The predicted octanol–water partition coefficient (Wildman–Crippen LogP) is 2.87. The lowest BCUT2D eigenvalue weighted by Gasteiger charge is -2.09. The third-order valence-corrected chi connectivity index (χ3v) is 3.21. The zero-order valence-corrected chi connectivity index (χ0v) is 12.5. The molecule has 0 spiro atoms. The van der Waals surface area contributed by atoms with E-state index in [0.29, 0.717) is 0 Å². The third-order valence-electron chi connectivity index (χ3n) is 3.21. The SMILES string of the molecule is Cc1ccc(C)c(NC(=O)CCC(=O)n2ccc(C)n2)c1. The van der Waals surface area contributed by atoms with Crippen LogP contribution in [0.3, 0.4) is 0 Å². The minimum absolute atomic E-state index is 0.137. The first-order valence-electron chi connectivity index (χ1n) is 6.88. The van der Waals surface area contributed by atoms with E-state index in [2.05, 4.69) is 10.4 Å². The molecule has 0 saturated carbocycles. The maximum atomic E-state index is 11.9. The van der Waals surface area contributed by atoms with Crippen molar-refractivity contribution in [2.24, 2.45) is 0 Å². The number of benzene rings is 1. The molecule has 0 aliphatic rings. The van der Waals surface area contributed by atoms with E-state index >= 15 is 0 Å². The van der Waals surface area contributed by atoms with Crippen molar-refractivity contribution in [2.75, 3.05) is 5.32 Å². The van der Waals surface area contributed by atoms with E-state index in [1.54, 1.807) is 12.3 Å². The van der Waals surface area contributed by atoms with Crippen molar-refractivity contribution in [1.82, 2.24) is 9.78 Å². The van der Waals surface area contributed by atoms with Crippen molar-refractivity contribution in [2.45, 2.75) is 33.6 Å². The van der Waals surface area contributed by atoms with E-state index in [1.165, 1.54) is 4.68 Å². The molecular formula is C16H19N3O2. The van der Waals surface area contributed by atoms with Crippen molar-refractivity contribution in [3.8, 4) is 0 Å². The fourth-order valence-corrected chi connectivity index (χ4v) is 1.97. The zero-order valence-electron chi connectivity index (χ0n) is 12.5. The molecule has 1 N–H and O–H groups in total.